The van der Waals surface area contributed by atoms with Gasteiger partial charge < -0.3 is 15.9 Å². The molecule has 0 fully saturated rings. The molecule has 0 spiro atoms. The predicted molar refractivity (Wildman–Crippen MR) is 53.5 cm³/mol. The minimum atomic E-state index is -0.377. The summed E-state index contributed by atoms with van der Waals surface area (Å²) in [6.45, 7) is 7.21. The highest BCUT2D eigenvalue weighted by molar-refractivity contribution is 4.68. The first-order chi connectivity index (χ1) is 5.91. The van der Waals surface area contributed by atoms with Gasteiger partial charge in [-0.15, -0.1) is 0 Å². The lowest BCUT2D eigenvalue weighted by Crippen LogP contribution is -2.42. The van der Waals surface area contributed by atoms with Crippen LogP contribution in [0.15, 0.2) is 0 Å². The minimum absolute atomic E-state index is 0.0671. The maximum Gasteiger partial charge on any atom is 0.0639 e. The number of hydrogen-bond donors (Lipinski definition) is 3. The first-order valence-electron chi connectivity index (χ1n) is 4.76. The molecular formula is C9H22N2O2. The van der Waals surface area contributed by atoms with Crippen LogP contribution in [0.5, 0.6) is 0 Å². The Hall–Kier alpha value is -0.160. The number of aliphatic hydroxyl groups is 2. The van der Waals surface area contributed by atoms with Gasteiger partial charge in [0.05, 0.1) is 12.2 Å². The number of nitrogens with zero attached hydrogens (tertiary/aromatic N) is 1. The van der Waals surface area contributed by atoms with Gasteiger partial charge in [-0.1, -0.05) is 0 Å². The van der Waals surface area contributed by atoms with E-state index in [-0.39, 0.29) is 18.2 Å². The summed E-state index contributed by atoms with van der Waals surface area (Å²) in [6, 6.07) is 0.0671. The Morgan fingerprint density at radius 3 is 1.62 bits per heavy atom. The lowest BCUT2D eigenvalue weighted by atomic mass is 10.2. The average Bonchev–Trinajstić information content (AvgIpc) is 1.80. The molecular weight excluding hydrogens is 168 g/mol. The van der Waals surface area contributed by atoms with Crippen molar-refractivity contribution in [1.29, 1.82) is 0 Å². The van der Waals surface area contributed by atoms with E-state index in [4.69, 9.17) is 5.73 Å². The smallest absolute Gasteiger partial charge is 0.0639 e. The Morgan fingerprint density at radius 1 is 1.00 bits per heavy atom. The quantitative estimate of drug-likeness (QED) is 0.523. The molecule has 4 nitrogen and oxygen atoms in total. The second-order valence-electron chi connectivity index (χ2n) is 3.89. The van der Waals surface area contributed by atoms with Gasteiger partial charge in [0.1, 0.15) is 0 Å². The van der Waals surface area contributed by atoms with Gasteiger partial charge in [-0.05, 0) is 20.8 Å². The molecule has 0 aromatic rings. The predicted octanol–water partition coefficient (Wildman–Crippen LogP) is -0.603. The molecule has 0 aliphatic rings. The van der Waals surface area contributed by atoms with Crippen LogP contribution in [0.4, 0.5) is 0 Å². The van der Waals surface area contributed by atoms with Crippen LogP contribution >= 0.6 is 0 Å². The molecule has 0 aliphatic heterocycles. The fourth-order valence-electron chi connectivity index (χ4n) is 1.38. The van der Waals surface area contributed by atoms with Crippen LogP contribution in [0.25, 0.3) is 0 Å². The van der Waals surface area contributed by atoms with Crippen LogP contribution in [-0.2, 0) is 0 Å². The number of aliphatic hydroxyl groups excluding tert-OH is 2. The van der Waals surface area contributed by atoms with Crippen molar-refractivity contribution in [2.45, 2.75) is 39.0 Å². The molecule has 0 bridgehead atoms. The van der Waals surface area contributed by atoms with Crippen LogP contribution in [0, 0.1) is 0 Å². The molecule has 13 heavy (non-hydrogen) atoms. The summed E-state index contributed by atoms with van der Waals surface area (Å²) >= 11 is 0. The number of rotatable bonds is 6. The molecule has 0 aromatic carbocycles. The summed E-state index contributed by atoms with van der Waals surface area (Å²) < 4.78 is 0. The fraction of sp³-hybridized carbons (Fsp3) is 1.00. The molecule has 3 atom stereocenters. The molecule has 0 aromatic heterocycles. The standard InChI is InChI=1S/C9H22N2O2/c1-7(10)4-11(5-8(2)12)6-9(3)13/h7-9,12-13H,4-6,10H2,1-3H3. The normalized spacial score (nSPS) is 18.7. The van der Waals surface area contributed by atoms with Gasteiger partial charge in [0.2, 0.25) is 0 Å². The van der Waals surface area contributed by atoms with Crippen molar-refractivity contribution < 1.29 is 10.2 Å². The van der Waals surface area contributed by atoms with Crippen LogP contribution in [0.2, 0.25) is 0 Å². The molecule has 4 N–H and O–H groups in total. The summed E-state index contributed by atoms with van der Waals surface area (Å²) in [4.78, 5) is 1.97. The zero-order valence-electron chi connectivity index (χ0n) is 8.77. The fourth-order valence-corrected chi connectivity index (χ4v) is 1.38. The molecule has 0 aliphatic carbocycles. The van der Waals surface area contributed by atoms with E-state index in [0.717, 1.165) is 0 Å². The van der Waals surface area contributed by atoms with Crippen LogP contribution in [0.3, 0.4) is 0 Å². The minimum Gasteiger partial charge on any atom is -0.392 e. The third kappa shape index (κ3) is 8.18. The first-order valence-corrected chi connectivity index (χ1v) is 4.76. The van der Waals surface area contributed by atoms with Gasteiger partial charge >= 0.3 is 0 Å². The third-order valence-electron chi connectivity index (χ3n) is 1.59. The lowest BCUT2D eigenvalue weighted by Gasteiger charge is -2.26. The molecule has 0 saturated carbocycles. The molecule has 0 amide bonds. The van der Waals surface area contributed by atoms with E-state index in [1.54, 1.807) is 13.8 Å². The van der Waals surface area contributed by atoms with Gasteiger partial charge in [0.25, 0.3) is 0 Å². The molecule has 3 unspecified atom stereocenters. The van der Waals surface area contributed by atoms with E-state index in [1.165, 1.54) is 0 Å². The van der Waals surface area contributed by atoms with E-state index >= 15 is 0 Å². The molecule has 0 heterocycles. The third-order valence-corrected chi connectivity index (χ3v) is 1.59. The second kappa shape index (κ2) is 6.32. The van der Waals surface area contributed by atoms with Crippen molar-refractivity contribution in [1.82, 2.24) is 4.90 Å². The Labute approximate surface area is 80.3 Å². The summed E-state index contributed by atoms with van der Waals surface area (Å²) in [5.74, 6) is 0. The van der Waals surface area contributed by atoms with Crippen LogP contribution in [0.1, 0.15) is 20.8 Å². The van der Waals surface area contributed by atoms with Gasteiger partial charge in [0, 0.05) is 25.7 Å². The van der Waals surface area contributed by atoms with E-state index in [9.17, 15) is 10.2 Å². The van der Waals surface area contributed by atoms with Gasteiger partial charge in [0.15, 0.2) is 0 Å². The number of nitrogens with two attached hydrogens (primary N) is 1. The summed E-state index contributed by atoms with van der Waals surface area (Å²) in [5, 5.41) is 18.4. The SMILES string of the molecule is CC(N)CN(CC(C)O)CC(C)O. The largest absolute Gasteiger partial charge is 0.392 e. The Morgan fingerprint density at radius 2 is 1.38 bits per heavy atom. The van der Waals surface area contributed by atoms with Crippen molar-refractivity contribution in [2.75, 3.05) is 19.6 Å². The van der Waals surface area contributed by atoms with E-state index < -0.39 is 0 Å². The van der Waals surface area contributed by atoms with Crippen LogP contribution in [-0.4, -0.2) is 53.0 Å². The number of hydrogen-bond acceptors (Lipinski definition) is 4. The summed E-state index contributed by atoms with van der Waals surface area (Å²) in [6.07, 6.45) is -0.755. The first kappa shape index (κ1) is 12.8. The Kier molecular flexibility index (Phi) is 6.24. The maximum atomic E-state index is 9.18. The maximum absolute atomic E-state index is 9.18. The Balaban J connectivity index is 3.87. The van der Waals surface area contributed by atoms with Crippen molar-refractivity contribution in [3.63, 3.8) is 0 Å². The molecule has 80 valence electrons. The molecule has 0 radical (unpaired) electrons. The van der Waals surface area contributed by atoms with Gasteiger partial charge in [-0.2, -0.15) is 0 Å². The van der Waals surface area contributed by atoms with E-state index in [0.29, 0.717) is 19.6 Å². The second-order valence-corrected chi connectivity index (χ2v) is 3.89. The van der Waals surface area contributed by atoms with Gasteiger partial charge in [-0.25, -0.2) is 0 Å². The highest BCUT2D eigenvalue weighted by atomic mass is 16.3. The van der Waals surface area contributed by atoms with Crippen molar-refractivity contribution >= 4 is 0 Å². The zero-order valence-corrected chi connectivity index (χ0v) is 8.77. The zero-order chi connectivity index (χ0) is 10.4. The van der Waals surface area contributed by atoms with Crippen molar-refractivity contribution in [3.05, 3.63) is 0 Å². The molecule has 0 saturated heterocycles. The van der Waals surface area contributed by atoms with Crippen molar-refractivity contribution in [2.24, 2.45) is 5.73 Å². The lowest BCUT2D eigenvalue weighted by molar-refractivity contribution is 0.0811. The van der Waals surface area contributed by atoms with E-state index in [1.807, 2.05) is 11.8 Å². The monoisotopic (exact) mass is 190 g/mol. The molecule has 0 rings (SSSR count). The molecule has 4 heteroatoms. The van der Waals surface area contributed by atoms with Crippen molar-refractivity contribution in [3.8, 4) is 0 Å². The highest BCUT2D eigenvalue weighted by Crippen LogP contribution is 1.96. The summed E-state index contributed by atoms with van der Waals surface area (Å²) in [5.41, 5.74) is 5.64. The Bertz CT molecular complexity index is 103. The topological polar surface area (TPSA) is 69.7 Å². The average molecular weight is 190 g/mol. The van der Waals surface area contributed by atoms with Gasteiger partial charge in [-0.3, -0.25) is 4.90 Å². The summed E-state index contributed by atoms with van der Waals surface area (Å²) in [7, 11) is 0. The van der Waals surface area contributed by atoms with E-state index in [2.05, 4.69) is 0 Å². The van der Waals surface area contributed by atoms with Crippen LogP contribution < -0.4 is 5.73 Å². The highest BCUT2D eigenvalue weighted by Gasteiger charge is 2.12.